The van der Waals surface area contributed by atoms with Crippen molar-refractivity contribution in [3.05, 3.63) is 13.8 Å². The van der Waals surface area contributed by atoms with Crippen molar-refractivity contribution in [2.45, 2.75) is 105 Å². The van der Waals surface area contributed by atoms with Gasteiger partial charge in [0.1, 0.15) is 0 Å². The average Bonchev–Trinajstić information content (AvgIpc) is 2.49. The van der Waals surface area contributed by atoms with Crippen LogP contribution in [0.15, 0.2) is 0 Å². The van der Waals surface area contributed by atoms with E-state index in [0.29, 0.717) is 0 Å². The van der Waals surface area contributed by atoms with Gasteiger partial charge in [-0.3, -0.25) is 0 Å². The second-order valence-corrected chi connectivity index (χ2v) is 6.12. The van der Waals surface area contributed by atoms with Gasteiger partial charge in [0, 0.05) is 0 Å². The van der Waals surface area contributed by atoms with Crippen molar-refractivity contribution >= 4 is 23.1 Å². The molecule has 0 aliphatic carbocycles. The van der Waals surface area contributed by atoms with E-state index in [1.165, 1.54) is 64.2 Å². The third-order valence-corrected chi connectivity index (χ3v) is 4.40. The van der Waals surface area contributed by atoms with Crippen molar-refractivity contribution in [2.24, 2.45) is 11.8 Å². The van der Waals surface area contributed by atoms with Crippen LogP contribution >= 0.6 is 0 Å². The molecule has 0 rings (SSSR count). The van der Waals surface area contributed by atoms with Gasteiger partial charge < -0.3 is 13.8 Å². The van der Waals surface area contributed by atoms with Crippen LogP contribution in [0.25, 0.3) is 0 Å². The van der Waals surface area contributed by atoms with Crippen LogP contribution in [-0.4, -0.2) is 23.1 Å². The van der Waals surface area contributed by atoms with Crippen LogP contribution in [0.3, 0.4) is 0 Å². The van der Waals surface area contributed by atoms with Gasteiger partial charge in [-0.15, -0.1) is 0 Å². The molecule has 21 heavy (non-hydrogen) atoms. The molecule has 2 unspecified atom stereocenters. The minimum absolute atomic E-state index is 0. The van der Waals surface area contributed by atoms with E-state index in [4.69, 9.17) is 0 Å². The molecule has 0 radical (unpaired) electrons. The molecule has 0 aromatic carbocycles. The number of rotatable bonds is 12. The molecule has 0 aromatic heterocycles. The molecule has 0 amide bonds. The summed E-state index contributed by atoms with van der Waals surface area (Å²) in [5.41, 5.74) is 0. The molecule has 0 saturated carbocycles. The average molecular weight is 307 g/mol. The number of hydrogen-bond donors (Lipinski definition) is 0. The largest absolute Gasteiger partial charge is 2.00 e. The Kier molecular flexibility index (Phi) is 29.2. The second kappa shape index (κ2) is 23.0. The van der Waals surface area contributed by atoms with Crippen molar-refractivity contribution in [3.8, 4) is 0 Å². The Morgan fingerprint density at radius 3 is 1.14 bits per heavy atom. The summed E-state index contributed by atoms with van der Waals surface area (Å²) in [7, 11) is 0. The van der Waals surface area contributed by atoms with E-state index >= 15 is 0 Å². The zero-order valence-corrected chi connectivity index (χ0v) is 17.2. The van der Waals surface area contributed by atoms with Gasteiger partial charge in [0.05, 0.1) is 0 Å². The first-order valence-corrected chi connectivity index (χ1v) is 9.28. The van der Waals surface area contributed by atoms with Gasteiger partial charge in [-0.2, -0.15) is 12.8 Å². The maximum absolute atomic E-state index is 3.94. The van der Waals surface area contributed by atoms with Gasteiger partial charge in [-0.25, -0.2) is 0 Å². The van der Waals surface area contributed by atoms with Crippen molar-refractivity contribution in [1.82, 2.24) is 0 Å². The molecular formula is C20H42Mg. The first-order chi connectivity index (χ1) is 9.69. The third-order valence-electron chi connectivity index (χ3n) is 4.40. The molecule has 0 aliphatic heterocycles. The summed E-state index contributed by atoms with van der Waals surface area (Å²) in [4.78, 5) is 0. The van der Waals surface area contributed by atoms with E-state index in [1.54, 1.807) is 0 Å². The summed E-state index contributed by atoms with van der Waals surface area (Å²) < 4.78 is 0. The first kappa shape index (κ1) is 26.7. The Hall–Kier alpha value is 0.766. The summed E-state index contributed by atoms with van der Waals surface area (Å²) in [6.07, 6.45) is 16.0. The van der Waals surface area contributed by atoms with Crippen molar-refractivity contribution in [2.75, 3.05) is 0 Å². The predicted molar refractivity (Wildman–Crippen MR) is 102 cm³/mol. The SMILES string of the molecule is [CH2-]CC(CC)CCCCC.[CH2-]CC(CC)CCCCC.[Mg+2]. The van der Waals surface area contributed by atoms with Gasteiger partial charge in [0.25, 0.3) is 0 Å². The Bertz CT molecular complexity index is 130. The zero-order valence-electron chi connectivity index (χ0n) is 15.8. The maximum Gasteiger partial charge on any atom is 2.00 e. The number of unbranched alkanes of at least 4 members (excludes halogenated alkanes) is 4. The van der Waals surface area contributed by atoms with Crippen molar-refractivity contribution in [1.29, 1.82) is 0 Å². The Morgan fingerprint density at radius 2 is 0.952 bits per heavy atom. The van der Waals surface area contributed by atoms with Gasteiger partial charge in [0.2, 0.25) is 0 Å². The molecule has 0 heterocycles. The van der Waals surface area contributed by atoms with Crippen LogP contribution < -0.4 is 0 Å². The Morgan fingerprint density at radius 1 is 0.619 bits per heavy atom. The molecule has 0 aliphatic rings. The smallest absolute Gasteiger partial charge is 0.343 e. The Balaban J connectivity index is -0.000000295. The summed E-state index contributed by atoms with van der Waals surface area (Å²) in [5.74, 6) is 1.79. The molecule has 124 valence electrons. The van der Waals surface area contributed by atoms with E-state index in [1.807, 2.05) is 0 Å². The maximum atomic E-state index is 3.94. The number of hydrogen-bond acceptors (Lipinski definition) is 0. The van der Waals surface area contributed by atoms with Crippen LogP contribution in [0.2, 0.25) is 0 Å². The minimum Gasteiger partial charge on any atom is -0.343 e. The van der Waals surface area contributed by atoms with E-state index < -0.39 is 0 Å². The summed E-state index contributed by atoms with van der Waals surface area (Å²) >= 11 is 0. The first-order valence-electron chi connectivity index (χ1n) is 9.28. The molecule has 1 heteroatoms. The molecule has 0 fully saturated rings. The molecule has 0 N–H and O–H groups in total. The molecular weight excluding hydrogens is 265 g/mol. The van der Waals surface area contributed by atoms with E-state index in [0.717, 1.165) is 24.7 Å². The monoisotopic (exact) mass is 306 g/mol. The topological polar surface area (TPSA) is 0 Å². The molecule has 0 saturated heterocycles. The fourth-order valence-corrected chi connectivity index (χ4v) is 2.47. The fraction of sp³-hybridized carbons (Fsp3) is 0.900. The van der Waals surface area contributed by atoms with Crippen LogP contribution in [0.1, 0.15) is 105 Å². The fourth-order valence-electron chi connectivity index (χ4n) is 2.47. The van der Waals surface area contributed by atoms with Gasteiger partial charge in [-0.05, 0) is 0 Å². The van der Waals surface area contributed by atoms with E-state index in [9.17, 15) is 0 Å². The molecule has 0 nitrogen and oxygen atoms in total. The van der Waals surface area contributed by atoms with Crippen LogP contribution in [-0.2, 0) is 0 Å². The predicted octanol–water partition coefficient (Wildman–Crippen LogP) is 7.25. The Labute approximate surface area is 153 Å². The standard InChI is InChI=1S/2C10H21.Mg/c2*1-4-7-8-9-10(5-2)6-3;/h2*10H,2,4-9H2,1,3H3;/q2*-1;+2. The second-order valence-electron chi connectivity index (χ2n) is 6.12. The van der Waals surface area contributed by atoms with E-state index in [2.05, 4.69) is 41.5 Å². The molecule has 0 bridgehead atoms. The van der Waals surface area contributed by atoms with Crippen LogP contribution in [0, 0.1) is 25.7 Å². The zero-order chi connectivity index (χ0) is 15.6. The quantitative estimate of drug-likeness (QED) is 0.202. The van der Waals surface area contributed by atoms with Gasteiger partial charge in [0.15, 0.2) is 0 Å². The molecule has 2 atom stereocenters. The van der Waals surface area contributed by atoms with Gasteiger partial charge in [-0.1, -0.05) is 104 Å². The summed E-state index contributed by atoms with van der Waals surface area (Å²) in [5, 5.41) is 0. The van der Waals surface area contributed by atoms with E-state index in [-0.39, 0.29) is 23.1 Å². The van der Waals surface area contributed by atoms with Gasteiger partial charge >= 0.3 is 23.1 Å². The normalized spacial score (nSPS) is 12.9. The summed E-state index contributed by atoms with van der Waals surface area (Å²) in [6.45, 7) is 16.9. The molecule has 0 aromatic rings. The van der Waals surface area contributed by atoms with Crippen LogP contribution in [0.4, 0.5) is 0 Å². The molecule has 0 spiro atoms. The van der Waals surface area contributed by atoms with Crippen LogP contribution in [0.5, 0.6) is 0 Å². The third kappa shape index (κ3) is 20.8. The van der Waals surface area contributed by atoms with Crippen molar-refractivity contribution in [3.63, 3.8) is 0 Å². The summed E-state index contributed by atoms with van der Waals surface area (Å²) in [6, 6.07) is 0. The van der Waals surface area contributed by atoms with Crippen molar-refractivity contribution < 1.29 is 0 Å². The minimum atomic E-state index is 0.